The van der Waals surface area contributed by atoms with E-state index in [4.69, 9.17) is 9.47 Å². The minimum Gasteiger partial charge on any atom is -0.495 e. The zero-order chi connectivity index (χ0) is 19.7. The number of hydrogen-bond acceptors (Lipinski definition) is 5. The van der Waals surface area contributed by atoms with Crippen LogP contribution in [0.15, 0.2) is 54.2 Å². The summed E-state index contributed by atoms with van der Waals surface area (Å²) in [5, 5.41) is 0. The summed E-state index contributed by atoms with van der Waals surface area (Å²) < 4.78 is 10.9. The normalized spacial score (nSPS) is 17.5. The summed E-state index contributed by atoms with van der Waals surface area (Å²) in [7, 11) is 1.54. The smallest absolute Gasteiger partial charge is 0.282 e. The second-order valence-electron chi connectivity index (χ2n) is 6.81. The Balaban J connectivity index is 1.85. The Labute approximate surface area is 164 Å². The predicted octanol–water partition coefficient (Wildman–Crippen LogP) is 2.62. The largest absolute Gasteiger partial charge is 0.495 e. The van der Waals surface area contributed by atoms with Crippen LogP contribution in [0.3, 0.4) is 0 Å². The molecule has 2 heterocycles. The number of aryl methyl sites for hydroxylation is 1. The van der Waals surface area contributed by atoms with Gasteiger partial charge >= 0.3 is 0 Å². The van der Waals surface area contributed by atoms with Crippen LogP contribution in [0, 0.1) is 6.92 Å². The molecule has 2 aromatic rings. The second kappa shape index (κ2) is 7.48. The van der Waals surface area contributed by atoms with E-state index in [1.807, 2.05) is 48.2 Å². The Bertz CT molecular complexity index is 946. The van der Waals surface area contributed by atoms with Gasteiger partial charge in [0.25, 0.3) is 11.8 Å². The van der Waals surface area contributed by atoms with E-state index in [2.05, 4.69) is 0 Å². The molecule has 28 heavy (non-hydrogen) atoms. The van der Waals surface area contributed by atoms with Crippen molar-refractivity contribution in [1.82, 2.24) is 4.90 Å². The summed E-state index contributed by atoms with van der Waals surface area (Å²) in [5.74, 6) is -0.167. The molecule has 6 nitrogen and oxygen atoms in total. The third kappa shape index (κ3) is 3.05. The molecule has 144 valence electrons. The minimum atomic E-state index is -0.332. The number of nitrogens with zero attached hydrogens (tertiary/aromatic N) is 2. The van der Waals surface area contributed by atoms with E-state index in [0.29, 0.717) is 49.0 Å². The molecule has 0 atom stereocenters. The first-order valence-electron chi connectivity index (χ1n) is 9.27. The number of methoxy groups -OCH3 is 1. The van der Waals surface area contributed by atoms with Crippen LogP contribution < -0.4 is 9.64 Å². The van der Waals surface area contributed by atoms with Gasteiger partial charge in [0, 0.05) is 13.1 Å². The fourth-order valence-electron chi connectivity index (χ4n) is 3.66. The summed E-state index contributed by atoms with van der Waals surface area (Å²) in [6.07, 6.45) is 0. The van der Waals surface area contributed by atoms with Gasteiger partial charge in [-0.3, -0.25) is 9.59 Å². The van der Waals surface area contributed by atoms with Crippen LogP contribution in [0.25, 0.3) is 5.57 Å². The molecule has 2 aliphatic rings. The molecular weight excluding hydrogens is 356 g/mol. The lowest BCUT2D eigenvalue weighted by Gasteiger charge is -2.29. The minimum absolute atomic E-state index is 0.324. The van der Waals surface area contributed by atoms with Gasteiger partial charge in [0.05, 0.1) is 31.6 Å². The molecule has 0 bridgehead atoms. The van der Waals surface area contributed by atoms with Crippen LogP contribution in [0.2, 0.25) is 0 Å². The number of hydrogen-bond donors (Lipinski definition) is 0. The van der Waals surface area contributed by atoms with E-state index in [9.17, 15) is 9.59 Å². The van der Waals surface area contributed by atoms with Crippen LogP contribution in [-0.4, -0.2) is 50.1 Å². The van der Waals surface area contributed by atoms with Gasteiger partial charge in [-0.25, -0.2) is 4.90 Å². The summed E-state index contributed by atoms with van der Waals surface area (Å²) >= 11 is 0. The topological polar surface area (TPSA) is 59.1 Å². The number of morpholine rings is 1. The zero-order valence-corrected chi connectivity index (χ0v) is 16.0. The average Bonchev–Trinajstić information content (AvgIpc) is 2.99. The first-order chi connectivity index (χ1) is 13.6. The van der Waals surface area contributed by atoms with Crippen molar-refractivity contribution in [3.05, 3.63) is 65.4 Å². The number of benzene rings is 2. The average molecular weight is 378 g/mol. The molecule has 2 aromatic carbocycles. The van der Waals surface area contributed by atoms with E-state index >= 15 is 0 Å². The van der Waals surface area contributed by atoms with Gasteiger partial charge in [-0.05, 0) is 30.2 Å². The zero-order valence-electron chi connectivity index (χ0n) is 16.0. The predicted molar refractivity (Wildman–Crippen MR) is 106 cm³/mol. The molecule has 2 aliphatic heterocycles. The molecule has 0 aliphatic carbocycles. The van der Waals surface area contributed by atoms with Crippen molar-refractivity contribution in [2.45, 2.75) is 6.92 Å². The standard InChI is InChI=1S/C22H22N2O4/c1-15-8-9-18(27-2)17(14-15)24-21(25)19(16-6-4-3-5-7-16)20(22(24)26)23-10-12-28-13-11-23/h3-9,14H,10-13H2,1-2H3. The number of ether oxygens (including phenoxy) is 2. The van der Waals surface area contributed by atoms with Gasteiger partial charge in [0.1, 0.15) is 11.4 Å². The highest BCUT2D eigenvalue weighted by atomic mass is 16.5. The van der Waals surface area contributed by atoms with Crippen LogP contribution in [0.5, 0.6) is 5.75 Å². The molecule has 0 spiro atoms. The highest BCUT2D eigenvalue weighted by molar-refractivity contribution is 6.45. The highest BCUT2D eigenvalue weighted by Crippen LogP contribution is 2.39. The van der Waals surface area contributed by atoms with Crippen molar-refractivity contribution >= 4 is 23.1 Å². The third-order valence-corrected chi connectivity index (χ3v) is 5.02. The molecule has 0 unspecified atom stereocenters. The fraction of sp³-hybridized carbons (Fsp3) is 0.273. The van der Waals surface area contributed by atoms with Crippen LogP contribution in [0.4, 0.5) is 5.69 Å². The summed E-state index contributed by atoms with van der Waals surface area (Å²) in [6, 6.07) is 14.8. The van der Waals surface area contributed by atoms with Crippen molar-refractivity contribution in [2.75, 3.05) is 38.3 Å². The summed E-state index contributed by atoms with van der Waals surface area (Å²) in [6.45, 7) is 4.12. The number of carbonyl (C=O) groups excluding carboxylic acids is 2. The SMILES string of the molecule is COc1ccc(C)cc1N1C(=O)C(c2ccccc2)=C(N2CCOCC2)C1=O. The monoisotopic (exact) mass is 378 g/mol. The van der Waals surface area contributed by atoms with Crippen molar-refractivity contribution < 1.29 is 19.1 Å². The maximum Gasteiger partial charge on any atom is 0.282 e. The number of rotatable bonds is 4. The van der Waals surface area contributed by atoms with Crippen molar-refractivity contribution in [1.29, 1.82) is 0 Å². The third-order valence-electron chi connectivity index (χ3n) is 5.02. The lowest BCUT2D eigenvalue weighted by atomic mass is 10.0. The van der Waals surface area contributed by atoms with Gasteiger partial charge in [0.15, 0.2) is 0 Å². The number of imide groups is 1. The van der Waals surface area contributed by atoms with Crippen molar-refractivity contribution in [3.63, 3.8) is 0 Å². The van der Waals surface area contributed by atoms with Gasteiger partial charge in [-0.2, -0.15) is 0 Å². The Morgan fingerprint density at radius 3 is 2.36 bits per heavy atom. The van der Waals surface area contributed by atoms with Gasteiger partial charge in [-0.1, -0.05) is 36.4 Å². The van der Waals surface area contributed by atoms with E-state index in [-0.39, 0.29) is 11.8 Å². The first-order valence-corrected chi connectivity index (χ1v) is 9.27. The number of carbonyl (C=O) groups is 2. The lowest BCUT2D eigenvalue weighted by molar-refractivity contribution is -0.121. The Morgan fingerprint density at radius 1 is 0.964 bits per heavy atom. The van der Waals surface area contributed by atoms with Crippen LogP contribution >= 0.6 is 0 Å². The maximum absolute atomic E-state index is 13.5. The molecule has 0 radical (unpaired) electrons. The summed E-state index contributed by atoms with van der Waals surface area (Å²) in [4.78, 5) is 30.2. The van der Waals surface area contributed by atoms with Gasteiger partial charge in [-0.15, -0.1) is 0 Å². The van der Waals surface area contributed by atoms with Gasteiger partial charge in [0.2, 0.25) is 0 Å². The quantitative estimate of drug-likeness (QED) is 0.766. The molecule has 0 aromatic heterocycles. The van der Waals surface area contributed by atoms with E-state index in [0.717, 1.165) is 11.1 Å². The molecular formula is C22H22N2O4. The molecule has 0 saturated carbocycles. The highest BCUT2D eigenvalue weighted by Gasteiger charge is 2.43. The van der Waals surface area contributed by atoms with Crippen LogP contribution in [0.1, 0.15) is 11.1 Å². The molecule has 1 fully saturated rings. The van der Waals surface area contributed by atoms with E-state index in [1.54, 1.807) is 12.1 Å². The van der Waals surface area contributed by atoms with Gasteiger partial charge < -0.3 is 14.4 Å². The van der Waals surface area contributed by atoms with E-state index < -0.39 is 0 Å². The second-order valence-corrected chi connectivity index (χ2v) is 6.81. The molecule has 2 amide bonds. The van der Waals surface area contributed by atoms with Crippen molar-refractivity contribution in [2.24, 2.45) is 0 Å². The Morgan fingerprint density at radius 2 is 1.68 bits per heavy atom. The Hall–Kier alpha value is -3.12. The van der Waals surface area contributed by atoms with E-state index in [1.165, 1.54) is 12.0 Å². The molecule has 4 rings (SSSR count). The number of amides is 2. The molecule has 1 saturated heterocycles. The maximum atomic E-state index is 13.5. The number of anilines is 1. The van der Waals surface area contributed by atoms with Crippen LogP contribution in [-0.2, 0) is 14.3 Å². The summed E-state index contributed by atoms with van der Waals surface area (Å²) in [5.41, 5.74) is 3.00. The van der Waals surface area contributed by atoms with Crippen molar-refractivity contribution in [3.8, 4) is 5.75 Å². The Kier molecular flexibility index (Phi) is 4.88. The lowest BCUT2D eigenvalue weighted by Crippen LogP contribution is -2.40. The molecule has 6 heteroatoms. The first kappa shape index (κ1) is 18.3. The fourth-order valence-corrected chi connectivity index (χ4v) is 3.66. The molecule has 0 N–H and O–H groups in total.